The van der Waals surface area contributed by atoms with Crippen molar-refractivity contribution in [1.82, 2.24) is 0 Å². The Kier molecular flexibility index (Phi) is 13.9. The maximum absolute atomic E-state index is 12.9. The molecule has 0 radical (unpaired) electrons. The van der Waals surface area contributed by atoms with Gasteiger partial charge in [0.1, 0.15) is 0 Å². The van der Waals surface area contributed by atoms with Gasteiger partial charge in [-0.3, -0.25) is 13.2 Å². The normalized spacial score (nSPS) is 16.1. The van der Waals surface area contributed by atoms with Crippen LogP contribution in [-0.4, -0.2) is 85.2 Å². The molecule has 0 spiro atoms. The molecule has 0 saturated heterocycles. The van der Waals surface area contributed by atoms with Crippen LogP contribution in [-0.2, 0) is 53.6 Å². The average molecular weight is 667 g/mol. The quantitative estimate of drug-likeness (QED) is 0.0836. The first-order valence-electron chi connectivity index (χ1n) is 11.0. The SMILES string of the molecule is CC1=NN(c2ccc(S(=O)(=O)CCOS(=O)(=O)[O-])cc2)C(=O)C1N=Nc1ccc(S(=O)(=O)CCOS(=O)(=O)[O-])cc1.[Li+].[Li+]. The van der Waals surface area contributed by atoms with Gasteiger partial charge in [-0.15, -0.1) is 0 Å². The number of carbonyl (C=O) groups excluding carboxylic acids is 1. The third-order valence-electron chi connectivity index (χ3n) is 5.18. The van der Waals surface area contributed by atoms with Crippen molar-refractivity contribution in [2.45, 2.75) is 22.8 Å². The number of benzene rings is 2. The molecule has 1 amide bonds. The molecule has 1 atom stereocenters. The molecule has 3 rings (SSSR count). The molecular weight excluding hydrogens is 646 g/mol. The topological polar surface area (TPSA) is 259 Å². The van der Waals surface area contributed by atoms with Crippen LogP contribution in [0.1, 0.15) is 6.92 Å². The van der Waals surface area contributed by atoms with Crippen molar-refractivity contribution < 1.29 is 93.7 Å². The van der Waals surface area contributed by atoms with Crippen LogP contribution in [0.25, 0.3) is 0 Å². The summed E-state index contributed by atoms with van der Waals surface area (Å²) in [5.41, 5.74) is 0.608. The van der Waals surface area contributed by atoms with Gasteiger partial charge in [0.15, 0.2) is 25.7 Å². The Morgan fingerprint density at radius 1 is 0.767 bits per heavy atom. The summed E-state index contributed by atoms with van der Waals surface area (Å²) < 4.78 is 120. The van der Waals surface area contributed by atoms with E-state index < -0.39 is 77.1 Å². The summed E-state index contributed by atoms with van der Waals surface area (Å²) in [5, 5.41) is 13.0. The van der Waals surface area contributed by atoms with Crippen molar-refractivity contribution in [3.8, 4) is 0 Å². The van der Waals surface area contributed by atoms with E-state index >= 15 is 0 Å². The Labute approximate surface area is 271 Å². The number of azo groups is 1. The molecule has 23 heteroatoms. The molecule has 43 heavy (non-hydrogen) atoms. The molecule has 0 bridgehead atoms. The second-order valence-electron chi connectivity index (χ2n) is 8.10. The van der Waals surface area contributed by atoms with Crippen molar-refractivity contribution in [3.63, 3.8) is 0 Å². The number of anilines is 1. The molecule has 0 N–H and O–H groups in total. The van der Waals surface area contributed by atoms with Gasteiger partial charge in [-0.25, -0.2) is 33.7 Å². The number of hydrogen-bond donors (Lipinski definition) is 0. The van der Waals surface area contributed by atoms with E-state index in [-0.39, 0.29) is 64.6 Å². The van der Waals surface area contributed by atoms with Gasteiger partial charge in [0, 0.05) is 0 Å². The molecule has 224 valence electrons. The van der Waals surface area contributed by atoms with Gasteiger partial charge in [0.2, 0.25) is 20.8 Å². The Morgan fingerprint density at radius 3 is 1.60 bits per heavy atom. The molecular formula is C20H20Li2N4O13S4. The second kappa shape index (κ2) is 15.3. The number of hydrazone groups is 1. The van der Waals surface area contributed by atoms with Gasteiger partial charge < -0.3 is 9.11 Å². The summed E-state index contributed by atoms with van der Waals surface area (Å²) in [6, 6.07) is 8.63. The summed E-state index contributed by atoms with van der Waals surface area (Å²) in [6.45, 7) is -0.208. The number of rotatable bonds is 13. The average Bonchev–Trinajstić information content (AvgIpc) is 3.14. The standard InChI is InChI=1S/C20H22N4O13S4.2Li/c1-14-19(22-21-15-2-6-17(7-3-15)38(26,27)12-10-36-40(30,31)32)20(25)24(23-14)16-4-8-18(9-5-16)39(28,29)13-11-37-41(33,34)35;;/h2-9,19H,10-13H2,1H3,(H,30,31,32)(H,33,34,35);;/q;2*+1/p-2. The fourth-order valence-electron chi connectivity index (χ4n) is 3.24. The number of nitrogens with zero attached hydrogens (tertiary/aromatic N) is 4. The molecule has 2 aromatic carbocycles. The van der Waals surface area contributed by atoms with Crippen molar-refractivity contribution >= 4 is 63.5 Å². The molecule has 0 saturated carbocycles. The first-order valence-corrected chi connectivity index (χ1v) is 17.0. The van der Waals surface area contributed by atoms with E-state index in [9.17, 15) is 47.6 Å². The predicted molar refractivity (Wildman–Crippen MR) is 137 cm³/mol. The van der Waals surface area contributed by atoms with Gasteiger partial charge in [0.25, 0.3) is 5.91 Å². The van der Waals surface area contributed by atoms with Crippen LogP contribution in [0.3, 0.4) is 0 Å². The monoisotopic (exact) mass is 666 g/mol. The fourth-order valence-corrected chi connectivity index (χ4v) is 6.20. The van der Waals surface area contributed by atoms with E-state index in [4.69, 9.17) is 0 Å². The molecule has 1 aliphatic rings. The Hall–Kier alpha value is -1.99. The van der Waals surface area contributed by atoms with E-state index in [2.05, 4.69) is 23.7 Å². The molecule has 1 heterocycles. The van der Waals surface area contributed by atoms with Crippen molar-refractivity contribution in [2.75, 3.05) is 29.7 Å². The molecule has 0 fully saturated rings. The van der Waals surface area contributed by atoms with Crippen LogP contribution in [0.5, 0.6) is 0 Å². The largest absolute Gasteiger partial charge is 1.00 e. The minimum Gasteiger partial charge on any atom is -0.726 e. The van der Waals surface area contributed by atoms with E-state index in [1.54, 1.807) is 0 Å². The summed E-state index contributed by atoms with van der Waals surface area (Å²) in [6.07, 6.45) is 0. The van der Waals surface area contributed by atoms with Crippen molar-refractivity contribution in [1.29, 1.82) is 0 Å². The zero-order valence-corrected chi connectivity index (χ0v) is 26.0. The predicted octanol–water partition coefficient (Wildman–Crippen LogP) is -5.93. The minimum atomic E-state index is -5.04. The summed E-state index contributed by atoms with van der Waals surface area (Å²) in [7, 11) is -18.1. The van der Waals surface area contributed by atoms with E-state index in [0.717, 1.165) is 17.1 Å². The maximum Gasteiger partial charge on any atom is 1.00 e. The van der Waals surface area contributed by atoms with Gasteiger partial charge in [-0.05, 0) is 55.5 Å². The van der Waals surface area contributed by atoms with Crippen LogP contribution in [0.2, 0.25) is 0 Å². The summed E-state index contributed by atoms with van der Waals surface area (Å²) in [4.78, 5) is 12.5. The molecule has 1 aliphatic heterocycles. The molecule has 1 unspecified atom stereocenters. The van der Waals surface area contributed by atoms with Crippen LogP contribution >= 0.6 is 0 Å². The summed E-state index contributed by atoms with van der Waals surface area (Å²) >= 11 is 0. The second-order valence-corrected chi connectivity index (χ2v) is 14.4. The molecule has 0 aromatic heterocycles. The number of sulfone groups is 2. The van der Waals surface area contributed by atoms with Crippen LogP contribution in [0.15, 0.2) is 73.7 Å². The Bertz CT molecular complexity index is 1800. The zero-order valence-electron chi connectivity index (χ0n) is 22.8. The van der Waals surface area contributed by atoms with Gasteiger partial charge >= 0.3 is 37.7 Å². The van der Waals surface area contributed by atoms with Crippen LogP contribution < -0.4 is 42.7 Å². The molecule has 2 aromatic rings. The number of hydrogen-bond acceptors (Lipinski definition) is 16. The first-order chi connectivity index (χ1) is 18.9. The molecule has 0 aliphatic carbocycles. The number of carbonyl (C=O) groups is 1. The minimum absolute atomic E-state index is 0. The van der Waals surface area contributed by atoms with Gasteiger partial charge in [0.05, 0.1) is 51.6 Å². The van der Waals surface area contributed by atoms with E-state index in [1.807, 2.05) is 0 Å². The zero-order chi connectivity index (χ0) is 30.6. The fraction of sp³-hybridized carbons (Fsp3) is 0.300. The van der Waals surface area contributed by atoms with Crippen LogP contribution in [0.4, 0.5) is 11.4 Å². The smallest absolute Gasteiger partial charge is 0.726 e. The summed E-state index contributed by atoms with van der Waals surface area (Å²) in [5.74, 6) is -2.16. The third kappa shape index (κ3) is 11.5. The molecule has 17 nitrogen and oxygen atoms in total. The van der Waals surface area contributed by atoms with E-state index in [1.165, 1.54) is 43.3 Å². The van der Waals surface area contributed by atoms with Gasteiger partial charge in [-0.1, -0.05) is 0 Å². The Balaban J connectivity index is 0.00000462. The first kappa shape index (κ1) is 39.0. The van der Waals surface area contributed by atoms with Crippen molar-refractivity contribution in [3.05, 3.63) is 48.5 Å². The maximum atomic E-state index is 12.9. The third-order valence-corrected chi connectivity index (χ3v) is 9.48. The van der Waals surface area contributed by atoms with E-state index in [0.29, 0.717) is 0 Å². The number of amides is 1. The van der Waals surface area contributed by atoms with Gasteiger partial charge in [-0.2, -0.15) is 20.3 Å². The Morgan fingerprint density at radius 2 is 1.19 bits per heavy atom. The van der Waals surface area contributed by atoms with Crippen LogP contribution in [0, 0.1) is 0 Å². The van der Waals surface area contributed by atoms with Crippen molar-refractivity contribution in [2.24, 2.45) is 15.3 Å².